The molecule has 130 valence electrons. The summed E-state index contributed by atoms with van der Waals surface area (Å²) in [7, 11) is 0. The first kappa shape index (κ1) is 17.2. The molecule has 1 aliphatic heterocycles. The van der Waals surface area contributed by atoms with E-state index in [9.17, 15) is 14.7 Å². The minimum Gasteiger partial charge on any atom is -0.480 e. The van der Waals surface area contributed by atoms with Crippen LogP contribution in [0, 0.1) is 0 Å². The summed E-state index contributed by atoms with van der Waals surface area (Å²) < 4.78 is 5.38. The monoisotopic (exact) mass is 339 g/mol. The van der Waals surface area contributed by atoms with Crippen LogP contribution in [0.3, 0.4) is 0 Å². The molecular formula is C20H21NO4. The van der Waals surface area contributed by atoms with E-state index >= 15 is 0 Å². The van der Waals surface area contributed by atoms with Crippen LogP contribution >= 0.6 is 0 Å². The molecule has 1 heterocycles. The van der Waals surface area contributed by atoms with Crippen LogP contribution in [0.2, 0.25) is 0 Å². The lowest BCUT2D eigenvalue weighted by atomic mass is 9.85. The first-order valence-corrected chi connectivity index (χ1v) is 8.41. The minimum absolute atomic E-state index is 0.359. The maximum atomic E-state index is 12.4. The van der Waals surface area contributed by atoms with Gasteiger partial charge in [0, 0.05) is 12.5 Å². The summed E-state index contributed by atoms with van der Waals surface area (Å²) in [6.45, 7) is 0.538. The maximum Gasteiger partial charge on any atom is 0.327 e. The van der Waals surface area contributed by atoms with Crippen molar-refractivity contribution in [2.75, 3.05) is 6.61 Å². The van der Waals surface area contributed by atoms with Crippen LogP contribution in [0.1, 0.15) is 29.9 Å². The third-order valence-corrected chi connectivity index (χ3v) is 4.44. The van der Waals surface area contributed by atoms with Crippen molar-refractivity contribution in [1.82, 2.24) is 5.32 Å². The molecule has 0 radical (unpaired) electrons. The molecule has 0 aromatic heterocycles. The topological polar surface area (TPSA) is 75.6 Å². The van der Waals surface area contributed by atoms with E-state index in [0.29, 0.717) is 13.0 Å². The standard InChI is InChI=1S/C20H21NO4/c22-19(16-12-7-13-25-16)21-18(20(23)24)17(14-8-3-1-4-9-14)15-10-5-2-6-11-15/h1-6,8-11,16-18H,7,12-13H2,(H,21,22)(H,23,24)/t16-,18+/m0/s1. The van der Waals surface area contributed by atoms with Crippen molar-refractivity contribution in [3.05, 3.63) is 71.8 Å². The summed E-state index contributed by atoms with van der Waals surface area (Å²) in [4.78, 5) is 24.4. The van der Waals surface area contributed by atoms with Crippen molar-refractivity contribution in [3.63, 3.8) is 0 Å². The first-order valence-electron chi connectivity index (χ1n) is 8.41. The van der Waals surface area contributed by atoms with E-state index in [1.807, 2.05) is 60.7 Å². The van der Waals surface area contributed by atoms with E-state index in [1.165, 1.54) is 0 Å². The molecule has 5 heteroatoms. The first-order chi connectivity index (χ1) is 12.2. The normalized spacial score (nSPS) is 18.0. The van der Waals surface area contributed by atoms with Crippen LogP contribution in [0.5, 0.6) is 0 Å². The van der Waals surface area contributed by atoms with Gasteiger partial charge in [-0.2, -0.15) is 0 Å². The number of carboxylic acid groups (broad SMARTS) is 1. The molecule has 0 saturated carbocycles. The fourth-order valence-electron chi connectivity index (χ4n) is 3.22. The molecule has 25 heavy (non-hydrogen) atoms. The Hall–Kier alpha value is -2.66. The summed E-state index contributed by atoms with van der Waals surface area (Å²) >= 11 is 0. The van der Waals surface area contributed by atoms with Gasteiger partial charge < -0.3 is 15.2 Å². The van der Waals surface area contributed by atoms with Crippen molar-refractivity contribution in [3.8, 4) is 0 Å². The Bertz CT molecular complexity index is 671. The zero-order chi connectivity index (χ0) is 17.6. The number of carbonyl (C=O) groups excluding carboxylic acids is 1. The van der Waals surface area contributed by atoms with Crippen molar-refractivity contribution < 1.29 is 19.4 Å². The van der Waals surface area contributed by atoms with Gasteiger partial charge in [-0.15, -0.1) is 0 Å². The molecule has 1 amide bonds. The fourth-order valence-corrected chi connectivity index (χ4v) is 3.22. The molecule has 1 saturated heterocycles. The molecule has 2 N–H and O–H groups in total. The van der Waals surface area contributed by atoms with Crippen LogP contribution in [0.15, 0.2) is 60.7 Å². The molecule has 1 aliphatic rings. The highest BCUT2D eigenvalue weighted by molar-refractivity contribution is 5.87. The largest absolute Gasteiger partial charge is 0.480 e. The third kappa shape index (κ3) is 4.06. The number of aliphatic carboxylic acids is 1. The van der Waals surface area contributed by atoms with Gasteiger partial charge in [-0.25, -0.2) is 4.79 Å². The Kier molecular flexibility index (Phi) is 5.46. The van der Waals surface area contributed by atoms with Crippen LogP contribution in [0.25, 0.3) is 0 Å². The van der Waals surface area contributed by atoms with Gasteiger partial charge in [-0.05, 0) is 24.0 Å². The van der Waals surface area contributed by atoms with Gasteiger partial charge in [0.25, 0.3) is 0 Å². The van der Waals surface area contributed by atoms with Crippen LogP contribution in [0.4, 0.5) is 0 Å². The Balaban J connectivity index is 1.93. The Morgan fingerprint density at radius 2 is 1.56 bits per heavy atom. The van der Waals surface area contributed by atoms with Crippen molar-refractivity contribution in [2.45, 2.75) is 30.9 Å². The second kappa shape index (κ2) is 7.94. The van der Waals surface area contributed by atoms with E-state index < -0.39 is 24.0 Å². The van der Waals surface area contributed by atoms with E-state index in [-0.39, 0.29) is 5.91 Å². The SMILES string of the molecule is O=C(N[C@@H](C(=O)O)C(c1ccccc1)c1ccccc1)[C@@H]1CCCO1. The number of rotatable bonds is 6. The number of nitrogens with one attached hydrogen (secondary N) is 1. The van der Waals surface area contributed by atoms with Crippen molar-refractivity contribution in [2.24, 2.45) is 0 Å². The molecule has 0 unspecified atom stereocenters. The molecule has 0 spiro atoms. The summed E-state index contributed by atoms with van der Waals surface area (Å²) in [5.74, 6) is -1.91. The lowest BCUT2D eigenvalue weighted by Crippen LogP contribution is -2.48. The third-order valence-electron chi connectivity index (χ3n) is 4.44. The van der Waals surface area contributed by atoms with Gasteiger partial charge in [0.2, 0.25) is 5.91 Å². The van der Waals surface area contributed by atoms with Gasteiger partial charge in [0.1, 0.15) is 12.1 Å². The lowest BCUT2D eigenvalue weighted by Gasteiger charge is -2.27. The number of ether oxygens (including phenoxy) is 1. The van der Waals surface area contributed by atoms with Crippen LogP contribution in [-0.4, -0.2) is 35.7 Å². The number of amides is 1. The van der Waals surface area contributed by atoms with Gasteiger partial charge >= 0.3 is 5.97 Å². The molecule has 3 rings (SSSR count). The molecule has 2 aromatic rings. The number of benzene rings is 2. The number of carbonyl (C=O) groups is 2. The fraction of sp³-hybridized carbons (Fsp3) is 0.300. The molecule has 0 aliphatic carbocycles. The predicted molar refractivity (Wildman–Crippen MR) is 93.3 cm³/mol. The molecular weight excluding hydrogens is 318 g/mol. The molecule has 0 bridgehead atoms. The van der Waals surface area contributed by atoms with E-state index in [4.69, 9.17) is 4.74 Å². The average Bonchev–Trinajstić information content (AvgIpc) is 3.17. The quantitative estimate of drug-likeness (QED) is 0.848. The highest BCUT2D eigenvalue weighted by Gasteiger charge is 2.35. The van der Waals surface area contributed by atoms with Gasteiger partial charge in [0.05, 0.1) is 0 Å². The summed E-state index contributed by atoms with van der Waals surface area (Å²) in [6.07, 6.45) is 0.880. The Labute approximate surface area is 146 Å². The van der Waals surface area contributed by atoms with E-state index in [1.54, 1.807) is 0 Å². The smallest absolute Gasteiger partial charge is 0.327 e. The molecule has 2 atom stereocenters. The zero-order valence-electron chi connectivity index (χ0n) is 13.8. The molecule has 2 aromatic carbocycles. The molecule has 5 nitrogen and oxygen atoms in total. The number of hydrogen-bond acceptors (Lipinski definition) is 3. The van der Waals surface area contributed by atoms with Crippen molar-refractivity contribution in [1.29, 1.82) is 0 Å². The summed E-state index contributed by atoms with van der Waals surface area (Å²) in [5.41, 5.74) is 1.68. The zero-order valence-corrected chi connectivity index (χ0v) is 13.8. The second-order valence-electron chi connectivity index (χ2n) is 6.13. The van der Waals surface area contributed by atoms with Crippen LogP contribution < -0.4 is 5.32 Å². The average molecular weight is 339 g/mol. The highest BCUT2D eigenvalue weighted by atomic mass is 16.5. The van der Waals surface area contributed by atoms with Crippen LogP contribution in [-0.2, 0) is 14.3 Å². The predicted octanol–water partition coefficient (Wildman–Crippen LogP) is 2.57. The maximum absolute atomic E-state index is 12.4. The minimum atomic E-state index is -1.07. The Morgan fingerprint density at radius 3 is 2.00 bits per heavy atom. The number of carboxylic acids is 1. The van der Waals surface area contributed by atoms with E-state index in [0.717, 1.165) is 17.5 Å². The summed E-state index contributed by atoms with van der Waals surface area (Å²) in [5, 5.41) is 12.5. The van der Waals surface area contributed by atoms with E-state index in [2.05, 4.69) is 5.32 Å². The lowest BCUT2D eigenvalue weighted by molar-refractivity contribution is -0.144. The Morgan fingerprint density at radius 1 is 1.00 bits per heavy atom. The number of hydrogen-bond donors (Lipinski definition) is 2. The van der Waals surface area contributed by atoms with Gasteiger partial charge in [-0.1, -0.05) is 60.7 Å². The van der Waals surface area contributed by atoms with Crippen molar-refractivity contribution >= 4 is 11.9 Å². The summed E-state index contributed by atoms with van der Waals surface area (Å²) in [6, 6.07) is 17.7. The highest BCUT2D eigenvalue weighted by Crippen LogP contribution is 2.28. The molecule has 1 fully saturated rings. The van der Waals surface area contributed by atoms with Gasteiger partial charge in [-0.3, -0.25) is 4.79 Å². The van der Waals surface area contributed by atoms with Gasteiger partial charge in [0.15, 0.2) is 0 Å². The second-order valence-corrected chi connectivity index (χ2v) is 6.13.